The molecule has 0 radical (unpaired) electrons. The minimum absolute atomic E-state index is 0.000463. The smallest absolute Gasteiger partial charge is 0.344 e. The molecule has 0 aliphatic heterocycles. The van der Waals surface area contributed by atoms with E-state index in [0.717, 1.165) is 5.52 Å². The molecule has 0 fully saturated rings. The lowest BCUT2D eigenvalue weighted by Crippen LogP contribution is -2.36. The molecule has 14 heavy (non-hydrogen) atoms. The molecule has 1 aromatic heterocycles. The molecular formula is C10H11N3O. The van der Waals surface area contributed by atoms with E-state index in [1.807, 2.05) is 18.2 Å². The number of benzene rings is 1. The van der Waals surface area contributed by atoms with Crippen molar-refractivity contribution in [1.82, 2.24) is 4.57 Å². The first-order chi connectivity index (χ1) is 6.74. The molecule has 72 valence electrons. The van der Waals surface area contributed by atoms with Crippen molar-refractivity contribution in [2.24, 2.45) is 7.05 Å². The minimum Gasteiger partial charge on any atom is -0.524 e. The normalized spacial score (nSPS) is 10.4. The molecule has 1 heterocycles. The summed E-state index contributed by atoms with van der Waals surface area (Å²) in [5, 5.41) is 0.683. The number of rotatable bonds is 1. The molecule has 4 nitrogen and oxygen atoms in total. The van der Waals surface area contributed by atoms with Crippen LogP contribution >= 0.6 is 0 Å². The molecule has 4 heteroatoms. The molecule has 1 aromatic carbocycles. The summed E-state index contributed by atoms with van der Waals surface area (Å²) in [6, 6.07) is 7.43. The molecule has 0 unspecified atom stereocenters. The van der Waals surface area contributed by atoms with Crippen molar-refractivity contribution in [2.75, 3.05) is 7.05 Å². The lowest BCUT2D eigenvalue weighted by atomic mass is 10.2. The highest BCUT2D eigenvalue weighted by Gasteiger charge is 2.06. The lowest BCUT2D eigenvalue weighted by molar-refractivity contribution is -0.600. The maximum absolute atomic E-state index is 11.7. The summed E-state index contributed by atoms with van der Waals surface area (Å²) in [5.41, 5.74) is 4.89. The molecule has 0 N–H and O–H groups in total. The van der Waals surface area contributed by atoms with Crippen molar-refractivity contribution < 1.29 is 4.68 Å². The van der Waals surface area contributed by atoms with Gasteiger partial charge in [0.25, 0.3) is 0 Å². The third kappa shape index (κ3) is 1.16. The highest BCUT2D eigenvalue weighted by atomic mass is 16.1. The fourth-order valence-electron chi connectivity index (χ4n) is 1.48. The maximum atomic E-state index is 11.7. The van der Waals surface area contributed by atoms with Crippen LogP contribution in [0, 0.1) is 0 Å². The molecule has 0 atom stereocenters. The number of nitrogens with zero attached hydrogens (tertiary/aromatic N) is 3. The second-order valence-electron chi connectivity index (χ2n) is 3.09. The number of hydrogen-bond acceptors (Lipinski definition) is 1. The van der Waals surface area contributed by atoms with Crippen LogP contribution in [-0.2, 0) is 7.05 Å². The van der Waals surface area contributed by atoms with Crippen LogP contribution in [0.15, 0.2) is 35.4 Å². The van der Waals surface area contributed by atoms with E-state index in [-0.39, 0.29) is 5.56 Å². The number of fused-ring (bicyclic) bond motifs is 1. The van der Waals surface area contributed by atoms with Crippen LogP contribution in [-0.4, -0.2) is 11.6 Å². The molecular weight excluding hydrogens is 178 g/mol. The van der Waals surface area contributed by atoms with Gasteiger partial charge in [-0.05, 0) is 12.1 Å². The minimum atomic E-state index is 0.000463. The lowest BCUT2D eigenvalue weighted by Gasteiger charge is -2.13. The average Bonchev–Trinajstić information content (AvgIpc) is 2.23. The molecule has 0 saturated carbocycles. The van der Waals surface area contributed by atoms with Gasteiger partial charge >= 0.3 is 5.56 Å². The zero-order valence-electron chi connectivity index (χ0n) is 8.14. The topological polar surface area (TPSA) is 40.0 Å². The molecule has 0 bridgehead atoms. The zero-order chi connectivity index (χ0) is 10.1. The Hall–Kier alpha value is -1.84. The molecule has 0 aliphatic rings. The Morgan fingerprint density at radius 1 is 1.36 bits per heavy atom. The van der Waals surface area contributed by atoms with Gasteiger partial charge in [0, 0.05) is 0 Å². The van der Waals surface area contributed by atoms with E-state index in [1.165, 1.54) is 4.57 Å². The van der Waals surface area contributed by atoms with Crippen LogP contribution in [0.1, 0.15) is 0 Å². The third-order valence-corrected chi connectivity index (χ3v) is 2.20. The fourth-order valence-corrected chi connectivity index (χ4v) is 1.48. The zero-order valence-corrected chi connectivity index (χ0v) is 8.14. The number of aromatic nitrogens is 2. The third-order valence-electron chi connectivity index (χ3n) is 2.20. The van der Waals surface area contributed by atoms with Crippen LogP contribution in [0.3, 0.4) is 0 Å². The van der Waals surface area contributed by atoms with Gasteiger partial charge < -0.3 is 5.43 Å². The predicted molar refractivity (Wildman–Crippen MR) is 54.1 cm³/mol. The Balaban J connectivity index is 2.97. The van der Waals surface area contributed by atoms with Crippen LogP contribution in [0.5, 0.6) is 0 Å². The molecule has 0 amide bonds. The first-order valence-electron chi connectivity index (χ1n) is 4.34. The first-order valence-corrected chi connectivity index (χ1v) is 4.34. The van der Waals surface area contributed by atoms with E-state index in [9.17, 15) is 4.79 Å². The quantitative estimate of drug-likeness (QED) is 0.605. The van der Waals surface area contributed by atoms with Crippen LogP contribution in [0.25, 0.3) is 16.3 Å². The Bertz CT molecular complexity index is 530. The van der Waals surface area contributed by atoms with Gasteiger partial charge in [-0.3, -0.25) is 4.68 Å². The summed E-state index contributed by atoms with van der Waals surface area (Å²) in [4.78, 5) is 11.7. The van der Waals surface area contributed by atoms with Crippen LogP contribution < -0.4 is 10.2 Å². The summed E-state index contributed by atoms with van der Waals surface area (Å²) in [5.74, 6) is 0. The van der Waals surface area contributed by atoms with E-state index < -0.39 is 0 Å². The van der Waals surface area contributed by atoms with Crippen molar-refractivity contribution in [3.8, 4) is 0 Å². The number of hydrogen-bond donors (Lipinski definition) is 0. The Morgan fingerprint density at radius 3 is 2.79 bits per heavy atom. The monoisotopic (exact) mass is 189 g/mol. The SMILES string of the molecule is C[N-][n+]1cn(C)c(=O)c2ccccc21. The Kier molecular flexibility index (Phi) is 1.96. The van der Waals surface area contributed by atoms with Gasteiger partial charge in [0.15, 0.2) is 0 Å². The summed E-state index contributed by atoms with van der Waals surface area (Å²) in [6.07, 6.45) is 1.67. The van der Waals surface area contributed by atoms with Crippen molar-refractivity contribution in [3.05, 3.63) is 46.4 Å². The summed E-state index contributed by atoms with van der Waals surface area (Å²) in [7, 11) is 3.41. The molecule has 0 spiro atoms. The molecule has 2 aromatic rings. The summed E-state index contributed by atoms with van der Waals surface area (Å²) in [6.45, 7) is 0. The number of aryl methyl sites for hydroxylation is 1. The van der Waals surface area contributed by atoms with E-state index in [2.05, 4.69) is 5.43 Å². The first kappa shape index (κ1) is 8.74. The predicted octanol–water partition coefficient (Wildman–Crippen LogP) is 0.593. The van der Waals surface area contributed by atoms with Crippen LogP contribution in [0.2, 0.25) is 0 Å². The van der Waals surface area contributed by atoms with Gasteiger partial charge in [-0.2, -0.15) is 0 Å². The van der Waals surface area contributed by atoms with Gasteiger partial charge in [-0.1, -0.05) is 12.1 Å². The summed E-state index contributed by atoms with van der Waals surface area (Å²) >= 11 is 0. The van der Waals surface area contributed by atoms with Gasteiger partial charge in [-0.15, -0.1) is 7.05 Å². The van der Waals surface area contributed by atoms with Crippen LogP contribution in [0.4, 0.5) is 0 Å². The average molecular weight is 189 g/mol. The molecule has 2 rings (SSSR count). The van der Waals surface area contributed by atoms with Gasteiger partial charge in [-0.25, -0.2) is 9.36 Å². The van der Waals surface area contributed by atoms with Gasteiger partial charge in [0.05, 0.1) is 7.05 Å². The van der Waals surface area contributed by atoms with Crippen molar-refractivity contribution in [1.29, 1.82) is 0 Å². The molecule has 0 aliphatic carbocycles. The van der Waals surface area contributed by atoms with Crippen molar-refractivity contribution in [2.45, 2.75) is 0 Å². The van der Waals surface area contributed by atoms with E-state index in [0.29, 0.717) is 5.39 Å². The Labute approximate surface area is 81.4 Å². The van der Waals surface area contributed by atoms with Crippen molar-refractivity contribution >= 4 is 10.9 Å². The highest BCUT2D eigenvalue weighted by molar-refractivity contribution is 5.74. The Morgan fingerprint density at radius 2 is 2.07 bits per heavy atom. The van der Waals surface area contributed by atoms with Gasteiger partial charge in [0.2, 0.25) is 6.33 Å². The second kappa shape index (κ2) is 3.14. The second-order valence-corrected chi connectivity index (χ2v) is 3.09. The van der Waals surface area contributed by atoms with Gasteiger partial charge in [0.1, 0.15) is 10.9 Å². The van der Waals surface area contributed by atoms with E-state index in [1.54, 1.807) is 31.2 Å². The standard InChI is InChI=1S/C10H11N3O/c1-11-13-7-12(2)10(14)8-5-3-4-6-9(8)13/h3-7H,1-2H3. The largest absolute Gasteiger partial charge is 0.524 e. The highest BCUT2D eigenvalue weighted by Crippen LogP contribution is 2.03. The van der Waals surface area contributed by atoms with E-state index in [4.69, 9.17) is 0 Å². The van der Waals surface area contributed by atoms with E-state index >= 15 is 0 Å². The fraction of sp³-hybridized carbons (Fsp3) is 0.200. The maximum Gasteiger partial charge on any atom is 0.344 e. The van der Waals surface area contributed by atoms with Crippen molar-refractivity contribution in [3.63, 3.8) is 0 Å². The number of para-hydroxylation sites is 1. The summed E-state index contributed by atoms with van der Waals surface area (Å²) < 4.78 is 3.21. The molecule has 0 saturated heterocycles.